The number of likely N-dealkylation sites (N-methyl/N-ethyl adjacent to an activating group) is 1. The molecule has 2 aliphatic heterocycles. The Kier molecular flexibility index (Phi) is 5.88. The van der Waals surface area contributed by atoms with Crippen molar-refractivity contribution >= 4 is 17.8 Å². The summed E-state index contributed by atoms with van der Waals surface area (Å²) in [6, 6.07) is 8.93. The van der Waals surface area contributed by atoms with Crippen LogP contribution >= 0.6 is 0 Å². The molecule has 0 radical (unpaired) electrons. The van der Waals surface area contributed by atoms with Crippen LogP contribution in [0.5, 0.6) is 0 Å². The minimum atomic E-state index is -0.955. The number of quaternary nitrogens is 1. The first-order valence-electron chi connectivity index (χ1n) is 9.32. The van der Waals surface area contributed by atoms with Gasteiger partial charge in [0.25, 0.3) is 0 Å². The summed E-state index contributed by atoms with van der Waals surface area (Å²) < 4.78 is 5.13. The predicted octanol–water partition coefficient (Wildman–Crippen LogP) is -0.387. The van der Waals surface area contributed by atoms with E-state index in [4.69, 9.17) is 9.73 Å². The van der Waals surface area contributed by atoms with Gasteiger partial charge in [0.15, 0.2) is 5.92 Å². The summed E-state index contributed by atoms with van der Waals surface area (Å²) in [6.45, 7) is 8.97. The highest BCUT2D eigenvalue weighted by molar-refractivity contribution is 6.08. The molecule has 0 aliphatic carbocycles. The number of nitrogens with zero attached hydrogens (tertiary/aromatic N) is 2. The van der Waals surface area contributed by atoms with Crippen LogP contribution in [0.25, 0.3) is 0 Å². The first-order valence-corrected chi connectivity index (χ1v) is 9.32. The topological polar surface area (TPSA) is 75.4 Å². The number of carbonyl (C=O) groups excluding carboxylic acids is 2. The molecule has 1 aromatic carbocycles. The Balaban J connectivity index is 1.88. The van der Waals surface area contributed by atoms with Crippen molar-refractivity contribution < 1.29 is 19.2 Å². The Morgan fingerprint density at radius 1 is 1.27 bits per heavy atom. The largest absolute Gasteiger partial charge is 0.465 e. The smallest absolute Gasteiger partial charge is 0.321 e. The van der Waals surface area contributed by atoms with Crippen molar-refractivity contribution in [2.24, 2.45) is 10.9 Å². The molecule has 2 aliphatic rings. The molecule has 0 aromatic heterocycles. The van der Waals surface area contributed by atoms with Crippen molar-refractivity contribution in [3.8, 4) is 0 Å². The third-order valence-electron chi connectivity index (χ3n) is 5.05. The van der Waals surface area contributed by atoms with Gasteiger partial charge in [0, 0.05) is 0 Å². The molecule has 2 atom stereocenters. The molecule has 1 aromatic rings. The maximum atomic E-state index is 12.7. The number of amides is 1. The van der Waals surface area contributed by atoms with E-state index in [9.17, 15) is 9.59 Å². The zero-order valence-electron chi connectivity index (χ0n) is 15.4. The van der Waals surface area contributed by atoms with Gasteiger partial charge >= 0.3 is 5.97 Å². The van der Waals surface area contributed by atoms with Gasteiger partial charge in [0.1, 0.15) is 6.04 Å². The van der Waals surface area contributed by atoms with Gasteiger partial charge in [-0.25, -0.2) is 4.99 Å². The summed E-state index contributed by atoms with van der Waals surface area (Å²) in [5.41, 5.74) is 0.843. The van der Waals surface area contributed by atoms with Crippen LogP contribution in [-0.2, 0) is 14.3 Å². The monoisotopic (exact) mass is 359 g/mol. The van der Waals surface area contributed by atoms with E-state index in [1.54, 1.807) is 11.8 Å². The molecule has 3 rings (SSSR count). The number of carbonyl (C=O) groups is 2. The van der Waals surface area contributed by atoms with E-state index in [2.05, 4.69) is 17.1 Å². The van der Waals surface area contributed by atoms with Gasteiger partial charge in [-0.15, -0.1) is 0 Å². The first kappa shape index (κ1) is 18.4. The molecule has 0 spiro atoms. The summed E-state index contributed by atoms with van der Waals surface area (Å²) in [4.78, 5) is 33.5. The summed E-state index contributed by atoms with van der Waals surface area (Å²) >= 11 is 0. The third-order valence-corrected chi connectivity index (χ3v) is 5.05. The lowest BCUT2D eigenvalue weighted by molar-refractivity contribution is -0.902. The second-order valence-electron chi connectivity index (χ2n) is 6.62. The fourth-order valence-corrected chi connectivity index (χ4v) is 3.50. The SMILES string of the molecule is CCOC(=O)[C@H]1C(=O)NC(N2CC[NH+](CC)CC2)=N[C@@H]1c1ccccc1. The Labute approximate surface area is 154 Å². The normalized spacial score (nSPS) is 24.0. The third kappa shape index (κ3) is 3.88. The van der Waals surface area contributed by atoms with Crippen molar-refractivity contribution in [1.29, 1.82) is 0 Å². The van der Waals surface area contributed by atoms with Crippen molar-refractivity contribution in [3.05, 3.63) is 35.9 Å². The molecule has 0 bridgehead atoms. The lowest BCUT2D eigenvalue weighted by atomic mass is 9.91. The van der Waals surface area contributed by atoms with Gasteiger partial charge in [-0.1, -0.05) is 30.3 Å². The van der Waals surface area contributed by atoms with Crippen molar-refractivity contribution in [3.63, 3.8) is 0 Å². The molecule has 7 heteroatoms. The van der Waals surface area contributed by atoms with Crippen molar-refractivity contribution in [2.45, 2.75) is 19.9 Å². The van der Waals surface area contributed by atoms with Gasteiger partial charge in [-0.2, -0.15) is 0 Å². The Bertz CT molecular complexity index is 669. The van der Waals surface area contributed by atoms with Crippen LogP contribution in [-0.4, -0.2) is 62.1 Å². The van der Waals surface area contributed by atoms with Crippen LogP contribution in [0.3, 0.4) is 0 Å². The van der Waals surface area contributed by atoms with Gasteiger partial charge in [-0.3, -0.25) is 14.9 Å². The number of piperazine rings is 1. The van der Waals surface area contributed by atoms with Crippen LogP contribution in [0.4, 0.5) is 0 Å². The number of esters is 1. The van der Waals surface area contributed by atoms with E-state index in [-0.39, 0.29) is 12.5 Å². The molecule has 2 N–H and O–H groups in total. The lowest BCUT2D eigenvalue weighted by Gasteiger charge is -2.37. The zero-order valence-corrected chi connectivity index (χ0v) is 15.4. The van der Waals surface area contributed by atoms with E-state index in [0.29, 0.717) is 5.96 Å². The molecule has 0 saturated carbocycles. The van der Waals surface area contributed by atoms with Crippen LogP contribution in [0.2, 0.25) is 0 Å². The quantitative estimate of drug-likeness (QED) is 0.567. The second kappa shape index (κ2) is 8.31. The number of hydrogen-bond donors (Lipinski definition) is 2. The van der Waals surface area contributed by atoms with Crippen LogP contribution < -0.4 is 10.2 Å². The Morgan fingerprint density at radius 2 is 1.96 bits per heavy atom. The maximum Gasteiger partial charge on any atom is 0.321 e. The van der Waals surface area contributed by atoms with Gasteiger partial charge in [0.05, 0.1) is 39.3 Å². The van der Waals surface area contributed by atoms with E-state index in [0.717, 1.165) is 38.3 Å². The number of aliphatic imine (C=N–C) groups is 1. The maximum absolute atomic E-state index is 12.7. The molecule has 2 heterocycles. The molecule has 1 saturated heterocycles. The average Bonchev–Trinajstić information content (AvgIpc) is 2.68. The lowest BCUT2D eigenvalue weighted by Crippen LogP contribution is -3.14. The minimum Gasteiger partial charge on any atom is -0.465 e. The number of rotatable bonds is 4. The highest BCUT2D eigenvalue weighted by Crippen LogP contribution is 2.30. The summed E-state index contributed by atoms with van der Waals surface area (Å²) in [5.74, 6) is -1.25. The molecule has 7 nitrogen and oxygen atoms in total. The summed E-state index contributed by atoms with van der Waals surface area (Å²) in [7, 11) is 0. The molecule has 1 amide bonds. The van der Waals surface area contributed by atoms with Gasteiger partial charge in [-0.05, 0) is 19.4 Å². The molecular weight excluding hydrogens is 332 g/mol. The van der Waals surface area contributed by atoms with Gasteiger partial charge in [0.2, 0.25) is 11.9 Å². The Morgan fingerprint density at radius 3 is 2.58 bits per heavy atom. The van der Waals surface area contributed by atoms with E-state index in [1.165, 1.54) is 0 Å². The molecule has 0 unspecified atom stereocenters. The number of benzene rings is 1. The summed E-state index contributed by atoms with van der Waals surface area (Å²) in [6.07, 6.45) is 0. The standard InChI is InChI=1S/C19H26N4O3/c1-3-22-10-12-23(13-11-22)19-20-16(14-8-6-5-7-9-14)15(17(24)21-19)18(25)26-4-2/h5-9,15-16H,3-4,10-13H2,1-2H3,(H,20,21,24)/p+1/t15-,16-/m1/s1. The van der Waals surface area contributed by atoms with Crippen LogP contribution in [0.1, 0.15) is 25.5 Å². The molecular formula is C19H27N4O3+. The number of ether oxygens (including phenoxy) is 1. The highest BCUT2D eigenvalue weighted by Gasteiger charge is 2.42. The molecule has 1 fully saturated rings. The van der Waals surface area contributed by atoms with E-state index >= 15 is 0 Å². The predicted molar refractivity (Wildman–Crippen MR) is 97.7 cm³/mol. The van der Waals surface area contributed by atoms with E-state index < -0.39 is 17.9 Å². The number of guanidine groups is 1. The van der Waals surface area contributed by atoms with Crippen LogP contribution in [0, 0.1) is 5.92 Å². The summed E-state index contributed by atoms with van der Waals surface area (Å²) in [5, 5.41) is 2.83. The highest BCUT2D eigenvalue weighted by atomic mass is 16.5. The van der Waals surface area contributed by atoms with E-state index in [1.807, 2.05) is 30.3 Å². The fraction of sp³-hybridized carbons (Fsp3) is 0.526. The minimum absolute atomic E-state index is 0.239. The number of hydrogen-bond acceptors (Lipinski definition) is 5. The van der Waals surface area contributed by atoms with Crippen molar-refractivity contribution in [2.75, 3.05) is 39.3 Å². The van der Waals surface area contributed by atoms with Crippen molar-refractivity contribution in [1.82, 2.24) is 10.2 Å². The van der Waals surface area contributed by atoms with Crippen LogP contribution in [0.15, 0.2) is 35.3 Å². The second-order valence-corrected chi connectivity index (χ2v) is 6.62. The Hall–Kier alpha value is -2.41. The molecule has 26 heavy (non-hydrogen) atoms. The zero-order chi connectivity index (χ0) is 18.5. The fourth-order valence-electron chi connectivity index (χ4n) is 3.50. The first-order chi connectivity index (χ1) is 12.6. The number of nitrogens with one attached hydrogen (secondary N) is 2. The van der Waals surface area contributed by atoms with Gasteiger partial charge < -0.3 is 14.5 Å². The molecule has 140 valence electrons. The average molecular weight is 359 g/mol.